The molecular formula is C46H57N7O10. The molecule has 0 bridgehead atoms. The Hall–Kier alpha value is -6.32. The molecule has 0 radical (unpaired) electrons. The average Bonchev–Trinajstić information content (AvgIpc) is 3.26. The molecular weight excluding hydrogens is 811 g/mol. The van der Waals surface area contributed by atoms with Crippen LogP contribution in [0.1, 0.15) is 67.2 Å². The van der Waals surface area contributed by atoms with Crippen LogP contribution in [-0.2, 0) is 51.3 Å². The molecule has 2 aliphatic rings. The maximum absolute atomic E-state index is 13.5. The second kappa shape index (κ2) is 25.0. The van der Waals surface area contributed by atoms with Crippen molar-refractivity contribution in [3.63, 3.8) is 0 Å². The minimum absolute atomic E-state index is 0.0416. The number of hydrogen-bond acceptors (Lipinski definition) is 10. The van der Waals surface area contributed by atoms with E-state index in [1.165, 1.54) is 0 Å². The maximum atomic E-state index is 13.5. The van der Waals surface area contributed by atoms with Gasteiger partial charge in [-0.25, -0.2) is 4.79 Å². The molecule has 3 aromatic carbocycles. The van der Waals surface area contributed by atoms with E-state index in [2.05, 4.69) is 38.4 Å². The van der Waals surface area contributed by atoms with Crippen LogP contribution in [0.25, 0.3) is 0 Å². The Morgan fingerprint density at radius 3 is 2.03 bits per heavy atom. The molecule has 1 aliphatic carbocycles. The fraction of sp³-hybridized carbons (Fsp3) is 0.435. The monoisotopic (exact) mass is 867 g/mol. The summed E-state index contributed by atoms with van der Waals surface area (Å²) in [6, 6.07) is 21.1. The first kappa shape index (κ1) is 47.7. The van der Waals surface area contributed by atoms with E-state index in [1.54, 1.807) is 29.2 Å². The number of carbonyl (C=O) groups excluding carboxylic acids is 6. The zero-order chi connectivity index (χ0) is 44.9. The first-order valence-corrected chi connectivity index (χ1v) is 21.2. The number of aliphatic hydroxyl groups excluding tert-OH is 1. The third kappa shape index (κ3) is 14.9. The van der Waals surface area contributed by atoms with Crippen LogP contribution in [0.2, 0.25) is 0 Å². The van der Waals surface area contributed by atoms with Crippen molar-refractivity contribution < 1.29 is 48.1 Å². The van der Waals surface area contributed by atoms with E-state index in [1.807, 2.05) is 48.5 Å². The minimum Gasteiger partial charge on any atom is -0.392 e. The largest absolute Gasteiger partial charge is 0.392 e. The van der Waals surface area contributed by atoms with Gasteiger partial charge in [0.25, 0.3) is 0 Å². The van der Waals surface area contributed by atoms with E-state index in [-0.39, 0.29) is 83.0 Å². The van der Waals surface area contributed by atoms with Gasteiger partial charge in [0.05, 0.1) is 58.5 Å². The molecule has 3 aromatic rings. The molecule has 5 rings (SSSR count). The highest BCUT2D eigenvalue weighted by molar-refractivity contribution is 6.08. The third-order valence-electron chi connectivity index (χ3n) is 10.6. The third-order valence-corrected chi connectivity index (χ3v) is 10.6. The topological polar surface area (TPSA) is 240 Å². The lowest BCUT2D eigenvalue weighted by Gasteiger charge is -2.41. The highest BCUT2D eigenvalue weighted by Gasteiger charge is 2.46. The van der Waals surface area contributed by atoms with Gasteiger partial charge >= 0.3 is 6.03 Å². The van der Waals surface area contributed by atoms with Crippen LogP contribution in [0.15, 0.2) is 72.8 Å². The lowest BCUT2D eigenvalue weighted by molar-refractivity contribution is -0.141. The van der Waals surface area contributed by atoms with Gasteiger partial charge in [0.15, 0.2) is 0 Å². The molecule has 0 saturated heterocycles. The average molecular weight is 868 g/mol. The Balaban J connectivity index is 0.912. The number of nitrogens with zero attached hydrogens (tertiary/aromatic N) is 1. The number of para-hydroxylation sites is 1. The molecule has 1 fully saturated rings. The van der Waals surface area contributed by atoms with Crippen molar-refractivity contribution >= 4 is 46.9 Å². The standard InChI is InChI=1S/C46H57N7O10/c47-45(60)50-22-5-10-38(42(57)51-37-16-12-33(32-54)13-17-37)43(58)52-46(20-6-21-46)44(59)49-24-26-62-28-30-63-29-27-61-25-23-48-40(55)18-19-41(56)53-31-36-9-2-1-7-34(36)14-15-35-8-3-4-11-39(35)53/h1-4,7-9,11-13,16-17,38,54H,5-6,10,18-32H2,(H,48,55)(H,49,59)(H,51,57)(H,52,58)(H3,47,50,60)/t38-/m0/s1. The van der Waals surface area contributed by atoms with E-state index in [9.17, 15) is 33.9 Å². The highest BCUT2D eigenvalue weighted by atomic mass is 16.5. The second-order valence-corrected chi connectivity index (χ2v) is 15.1. The molecule has 63 heavy (non-hydrogen) atoms. The fourth-order valence-electron chi connectivity index (χ4n) is 6.95. The van der Waals surface area contributed by atoms with E-state index in [4.69, 9.17) is 19.9 Å². The van der Waals surface area contributed by atoms with Crippen LogP contribution in [-0.4, -0.2) is 105 Å². The predicted molar refractivity (Wildman–Crippen MR) is 234 cm³/mol. The molecule has 7 amide bonds. The first-order chi connectivity index (χ1) is 30.6. The first-order valence-electron chi connectivity index (χ1n) is 21.2. The number of rotatable bonds is 25. The summed E-state index contributed by atoms with van der Waals surface area (Å²) in [4.78, 5) is 78.7. The van der Waals surface area contributed by atoms with Crippen molar-refractivity contribution in [1.82, 2.24) is 21.3 Å². The van der Waals surface area contributed by atoms with Crippen molar-refractivity contribution in [2.24, 2.45) is 11.7 Å². The van der Waals surface area contributed by atoms with Crippen molar-refractivity contribution in [2.75, 3.05) is 69.5 Å². The van der Waals surface area contributed by atoms with Gasteiger partial charge in [0.1, 0.15) is 11.5 Å². The number of nitrogens with two attached hydrogens (primary N) is 1. The molecule has 8 N–H and O–H groups in total. The number of primary amides is 1. The second-order valence-electron chi connectivity index (χ2n) is 15.1. The number of fused-ring (bicyclic) bond motifs is 2. The highest BCUT2D eigenvalue weighted by Crippen LogP contribution is 2.33. The molecule has 1 saturated carbocycles. The number of anilines is 2. The summed E-state index contributed by atoms with van der Waals surface area (Å²) in [5, 5.41) is 22.9. The molecule has 1 atom stereocenters. The van der Waals surface area contributed by atoms with Crippen LogP contribution in [0, 0.1) is 17.8 Å². The molecule has 0 aromatic heterocycles. The van der Waals surface area contributed by atoms with Crippen LogP contribution in [0.3, 0.4) is 0 Å². The summed E-state index contributed by atoms with van der Waals surface area (Å²) in [6.45, 7) is 2.54. The molecule has 0 spiro atoms. The van der Waals surface area contributed by atoms with Crippen molar-refractivity contribution in [2.45, 2.75) is 63.6 Å². The molecule has 0 unspecified atom stereocenters. The summed E-state index contributed by atoms with van der Waals surface area (Å²) in [6.07, 6.45) is 2.03. The van der Waals surface area contributed by atoms with Gasteiger partial charge in [-0.2, -0.15) is 0 Å². The Kier molecular flexibility index (Phi) is 18.9. The Morgan fingerprint density at radius 1 is 0.730 bits per heavy atom. The summed E-state index contributed by atoms with van der Waals surface area (Å²) in [7, 11) is 0. The number of carbonyl (C=O) groups is 6. The van der Waals surface area contributed by atoms with Crippen LogP contribution >= 0.6 is 0 Å². The van der Waals surface area contributed by atoms with Gasteiger partial charge in [-0.3, -0.25) is 24.0 Å². The van der Waals surface area contributed by atoms with E-state index in [0.29, 0.717) is 56.9 Å². The molecule has 1 aliphatic heterocycles. The summed E-state index contributed by atoms with van der Waals surface area (Å²) in [5.74, 6) is 3.28. The number of nitrogens with one attached hydrogen (secondary N) is 5. The number of benzene rings is 3. The quantitative estimate of drug-likeness (QED) is 0.0372. The van der Waals surface area contributed by atoms with Gasteiger partial charge in [0, 0.05) is 49.3 Å². The summed E-state index contributed by atoms with van der Waals surface area (Å²) < 4.78 is 16.7. The smallest absolute Gasteiger partial charge is 0.312 e. The number of ether oxygens (including phenoxy) is 3. The van der Waals surface area contributed by atoms with Gasteiger partial charge in [-0.1, -0.05) is 54.3 Å². The van der Waals surface area contributed by atoms with Gasteiger partial charge in [-0.05, 0) is 73.6 Å². The van der Waals surface area contributed by atoms with Crippen molar-refractivity contribution in [3.05, 3.63) is 95.1 Å². The van der Waals surface area contributed by atoms with Gasteiger partial charge < -0.3 is 56.5 Å². The van der Waals surface area contributed by atoms with Crippen LogP contribution in [0.4, 0.5) is 16.2 Å². The Labute approximate surface area is 367 Å². The normalized spacial score (nSPS) is 13.8. The SMILES string of the molecule is NC(=O)NCCC[C@@H](C(=O)Nc1ccc(CO)cc1)C(=O)NC1(C(=O)NCCOCCOCCOCCNC(=O)CCC(=O)N2Cc3ccccc3C#Cc3ccccc32)CCC1. The lowest BCUT2D eigenvalue weighted by atomic mass is 9.75. The predicted octanol–water partition coefficient (Wildman–Crippen LogP) is 2.23. The van der Waals surface area contributed by atoms with Crippen LogP contribution < -0.4 is 37.2 Å². The van der Waals surface area contributed by atoms with E-state index >= 15 is 0 Å². The number of hydrogen-bond donors (Lipinski definition) is 7. The zero-order valence-electron chi connectivity index (χ0n) is 35.4. The molecule has 1 heterocycles. The Bertz CT molecular complexity index is 2100. The van der Waals surface area contributed by atoms with Gasteiger partial charge in [0.2, 0.25) is 29.5 Å². The summed E-state index contributed by atoms with van der Waals surface area (Å²) >= 11 is 0. The maximum Gasteiger partial charge on any atom is 0.312 e. The van der Waals surface area contributed by atoms with E-state index < -0.39 is 29.3 Å². The lowest BCUT2D eigenvalue weighted by Crippen LogP contribution is -2.64. The van der Waals surface area contributed by atoms with E-state index in [0.717, 1.165) is 28.8 Å². The van der Waals surface area contributed by atoms with Crippen molar-refractivity contribution in [1.29, 1.82) is 0 Å². The van der Waals surface area contributed by atoms with Crippen molar-refractivity contribution in [3.8, 4) is 11.8 Å². The fourth-order valence-corrected chi connectivity index (χ4v) is 6.95. The molecule has 17 heteroatoms. The number of aliphatic hydroxyl groups is 1. The molecule has 336 valence electrons. The zero-order valence-corrected chi connectivity index (χ0v) is 35.4. The minimum atomic E-state index is -1.15. The van der Waals surface area contributed by atoms with Gasteiger partial charge in [-0.15, -0.1) is 0 Å². The Morgan fingerprint density at radius 2 is 1.37 bits per heavy atom. The number of urea groups is 1. The summed E-state index contributed by atoms with van der Waals surface area (Å²) in [5.41, 5.74) is 8.39. The molecule has 17 nitrogen and oxygen atoms in total. The van der Waals surface area contributed by atoms with Crippen LogP contribution in [0.5, 0.6) is 0 Å². The number of amides is 7.